The summed E-state index contributed by atoms with van der Waals surface area (Å²) in [6.45, 7) is 3.90. The molecule has 1 heterocycles. The molecule has 2 aromatic rings. The lowest BCUT2D eigenvalue weighted by molar-refractivity contribution is 0.396. The number of aryl methyl sites for hydroxylation is 2. The summed E-state index contributed by atoms with van der Waals surface area (Å²) in [5.74, 6) is 1.55. The van der Waals surface area contributed by atoms with Gasteiger partial charge in [0.15, 0.2) is 0 Å². The van der Waals surface area contributed by atoms with Crippen molar-refractivity contribution in [3.63, 3.8) is 0 Å². The van der Waals surface area contributed by atoms with Crippen LogP contribution in [0.25, 0.3) is 11.3 Å². The van der Waals surface area contributed by atoms with Crippen LogP contribution in [0.4, 0.5) is 0 Å². The molecule has 0 aliphatic carbocycles. The highest BCUT2D eigenvalue weighted by Crippen LogP contribution is 2.36. The minimum Gasteiger partial charge on any atom is -0.496 e. The molecule has 4 heteroatoms. The van der Waals surface area contributed by atoms with Crippen molar-refractivity contribution in [3.05, 3.63) is 34.0 Å². The highest BCUT2D eigenvalue weighted by molar-refractivity contribution is 9.10. The number of halogens is 1. The lowest BCUT2D eigenvalue weighted by atomic mass is 10.1. The number of aromatic nitrogens is 1. The molecule has 0 aliphatic heterocycles. The van der Waals surface area contributed by atoms with Crippen molar-refractivity contribution in [1.29, 1.82) is 0 Å². The van der Waals surface area contributed by atoms with Gasteiger partial charge in [-0.05, 0) is 41.9 Å². The summed E-state index contributed by atoms with van der Waals surface area (Å²) < 4.78 is 11.3. The van der Waals surface area contributed by atoms with Crippen molar-refractivity contribution in [2.24, 2.45) is 0 Å². The maximum Gasteiger partial charge on any atom is 0.148 e. The molecule has 0 saturated heterocycles. The molecule has 0 bridgehead atoms. The Labute approximate surface area is 103 Å². The lowest BCUT2D eigenvalue weighted by Gasteiger charge is -2.07. The number of methoxy groups -OCH3 is 1. The van der Waals surface area contributed by atoms with Crippen molar-refractivity contribution in [3.8, 4) is 17.0 Å². The van der Waals surface area contributed by atoms with Crippen LogP contribution in [0.15, 0.2) is 27.2 Å². The van der Waals surface area contributed by atoms with Crippen LogP contribution in [0.3, 0.4) is 0 Å². The van der Waals surface area contributed by atoms with Crippen molar-refractivity contribution >= 4 is 15.9 Å². The van der Waals surface area contributed by atoms with Crippen molar-refractivity contribution in [1.82, 2.24) is 5.16 Å². The Morgan fingerprint density at radius 3 is 2.62 bits per heavy atom. The Kier molecular flexibility index (Phi) is 3.01. The standard InChI is InChI=1S/C12H12BrNO2/c1-7-4-5-10(15-3)9(6-7)12-11(13)8(2)16-14-12/h4-6H,1-3H3. The molecular weight excluding hydrogens is 270 g/mol. The predicted molar refractivity (Wildman–Crippen MR) is 65.7 cm³/mol. The van der Waals surface area contributed by atoms with Gasteiger partial charge in [-0.1, -0.05) is 16.8 Å². The number of benzene rings is 1. The third kappa shape index (κ3) is 1.85. The minimum absolute atomic E-state index is 0.763. The van der Waals surface area contributed by atoms with E-state index in [0.29, 0.717) is 0 Å². The summed E-state index contributed by atoms with van der Waals surface area (Å²) in [5.41, 5.74) is 2.87. The van der Waals surface area contributed by atoms with E-state index in [1.807, 2.05) is 32.0 Å². The second-order valence-corrected chi connectivity index (χ2v) is 4.40. The number of rotatable bonds is 2. The molecule has 1 aromatic heterocycles. The fourth-order valence-electron chi connectivity index (χ4n) is 1.54. The number of hydrogen-bond donors (Lipinski definition) is 0. The molecule has 16 heavy (non-hydrogen) atoms. The molecule has 0 amide bonds. The van der Waals surface area contributed by atoms with Gasteiger partial charge in [0.1, 0.15) is 17.2 Å². The lowest BCUT2D eigenvalue weighted by Crippen LogP contribution is -1.89. The van der Waals surface area contributed by atoms with Crippen LogP contribution < -0.4 is 4.74 Å². The fourth-order valence-corrected chi connectivity index (χ4v) is 1.89. The largest absolute Gasteiger partial charge is 0.496 e. The first-order valence-electron chi connectivity index (χ1n) is 4.90. The fraction of sp³-hybridized carbons (Fsp3) is 0.250. The maximum absolute atomic E-state index is 5.32. The van der Waals surface area contributed by atoms with E-state index in [9.17, 15) is 0 Å². The van der Waals surface area contributed by atoms with E-state index in [1.54, 1.807) is 7.11 Å². The molecule has 2 rings (SSSR count). The average molecular weight is 282 g/mol. The maximum atomic E-state index is 5.32. The van der Waals surface area contributed by atoms with E-state index in [-0.39, 0.29) is 0 Å². The molecule has 0 radical (unpaired) electrons. The van der Waals surface area contributed by atoms with Gasteiger partial charge in [-0.25, -0.2) is 0 Å². The van der Waals surface area contributed by atoms with E-state index < -0.39 is 0 Å². The van der Waals surface area contributed by atoms with Crippen molar-refractivity contribution < 1.29 is 9.26 Å². The zero-order valence-corrected chi connectivity index (χ0v) is 11.0. The second-order valence-electron chi connectivity index (χ2n) is 3.61. The molecule has 0 fully saturated rings. The van der Waals surface area contributed by atoms with Crippen LogP contribution in [0.5, 0.6) is 5.75 Å². The van der Waals surface area contributed by atoms with Crippen LogP contribution in [0, 0.1) is 13.8 Å². The molecule has 0 unspecified atom stereocenters. The molecule has 0 atom stereocenters. The second kappa shape index (κ2) is 4.29. The van der Waals surface area contributed by atoms with Crippen molar-refractivity contribution in [2.45, 2.75) is 13.8 Å². The Balaban J connectivity index is 2.62. The summed E-state index contributed by atoms with van der Waals surface area (Å²) in [6.07, 6.45) is 0. The van der Waals surface area contributed by atoms with Crippen LogP contribution in [-0.4, -0.2) is 12.3 Å². The van der Waals surface area contributed by atoms with Gasteiger partial charge in [-0.3, -0.25) is 0 Å². The Hall–Kier alpha value is -1.29. The third-order valence-corrected chi connectivity index (χ3v) is 3.33. The first-order valence-corrected chi connectivity index (χ1v) is 5.69. The van der Waals surface area contributed by atoms with Gasteiger partial charge in [-0.2, -0.15) is 0 Å². The van der Waals surface area contributed by atoms with Crippen LogP contribution >= 0.6 is 15.9 Å². The van der Waals surface area contributed by atoms with E-state index in [2.05, 4.69) is 21.1 Å². The summed E-state index contributed by atoms with van der Waals surface area (Å²) in [4.78, 5) is 0. The smallest absolute Gasteiger partial charge is 0.148 e. The normalized spacial score (nSPS) is 10.5. The molecule has 0 N–H and O–H groups in total. The first kappa shape index (κ1) is 11.2. The highest BCUT2D eigenvalue weighted by atomic mass is 79.9. The first-order chi connectivity index (χ1) is 7.63. The van der Waals surface area contributed by atoms with E-state index >= 15 is 0 Å². The predicted octanol–water partition coefficient (Wildman–Crippen LogP) is 3.73. The molecule has 0 spiro atoms. The molecule has 0 aliphatic rings. The minimum atomic E-state index is 0.763. The quantitative estimate of drug-likeness (QED) is 0.841. The molecule has 1 aromatic carbocycles. The van der Waals surface area contributed by atoms with E-state index in [0.717, 1.165) is 32.8 Å². The van der Waals surface area contributed by atoms with Crippen LogP contribution in [-0.2, 0) is 0 Å². The van der Waals surface area contributed by atoms with Crippen molar-refractivity contribution in [2.75, 3.05) is 7.11 Å². The number of ether oxygens (including phenoxy) is 1. The van der Waals surface area contributed by atoms with Gasteiger partial charge in [0.2, 0.25) is 0 Å². The summed E-state index contributed by atoms with van der Waals surface area (Å²) in [7, 11) is 1.65. The summed E-state index contributed by atoms with van der Waals surface area (Å²) in [6, 6.07) is 5.96. The van der Waals surface area contributed by atoms with Gasteiger partial charge in [-0.15, -0.1) is 0 Å². The van der Waals surface area contributed by atoms with Gasteiger partial charge in [0.05, 0.1) is 11.6 Å². The monoisotopic (exact) mass is 281 g/mol. The Bertz CT molecular complexity index is 520. The molecule has 84 valence electrons. The summed E-state index contributed by atoms with van der Waals surface area (Å²) in [5, 5.41) is 4.03. The van der Waals surface area contributed by atoms with Gasteiger partial charge in [0.25, 0.3) is 0 Å². The number of hydrogen-bond acceptors (Lipinski definition) is 3. The molecular formula is C12H12BrNO2. The highest BCUT2D eigenvalue weighted by Gasteiger charge is 2.16. The van der Waals surface area contributed by atoms with Crippen LogP contribution in [0.2, 0.25) is 0 Å². The average Bonchev–Trinajstić information content (AvgIpc) is 2.60. The topological polar surface area (TPSA) is 35.3 Å². The Morgan fingerprint density at radius 2 is 2.06 bits per heavy atom. The Morgan fingerprint density at radius 1 is 1.31 bits per heavy atom. The van der Waals surface area contributed by atoms with E-state index in [1.165, 1.54) is 0 Å². The van der Waals surface area contributed by atoms with Gasteiger partial charge >= 0.3 is 0 Å². The molecule has 0 saturated carbocycles. The van der Waals surface area contributed by atoms with Crippen LogP contribution in [0.1, 0.15) is 11.3 Å². The third-order valence-electron chi connectivity index (χ3n) is 2.40. The zero-order valence-electron chi connectivity index (χ0n) is 9.37. The van der Waals surface area contributed by atoms with Gasteiger partial charge in [0, 0.05) is 5.56 Å². The van der Waals surface area contributed by atoms with E-state index in [4.69, 9.17) is 9.26 Å². The zero-order chi connectivity index (χ0) is 11.7. The number of nitrogens with zero attached hydrogens (tertiary/aromatic N) is 1. The SMILES string of the molecule is COc1ccc(C)cc1-c1noc(C)c1Br. The molecule has 3 nitrogen and oxygen atoms in total. The van der Waals surface area contributed by atoms with Gasteiger partial charge < -0.3 is 9.26 Å². The summed E-state index contributed by atoms with van der Waals surface area (Å²) >= 11 is 3.46.